The zero-order valence-electron chi connectivity index (χ0n) is 14.7. The van der Waals surface area contributed by atoms with Crippen LogP contribution < -0.4 is 0 Å². The average molecular weight is 322 g/mol. The Morgan fingerprint density at radius 2 is 1.39 bits per heavy atom. The summed E-state index contributed by atoms with van der Waals surface area (Å²) < 4.78 is 5.00. The van der Waals surface area contributed by atoms with Crippen molar-refractivity contribution in [2.75, 3.05) is 13.2 Å². The van der Waals surface area contributed by atoms with Gasteiger partial charge in [-0.1, -0.05) is 69.1 Å². The van der Waals surface area contributed by atoms with Crippen molar-refractivity contribution in [1.29, 1.82) is 0 Å². The molecule has 3 heteroatoms. The molecule has 0 aliphatic rings. The van der Waals surface area contributed by atoms with Gasteiger partial charge in [0.1, 0.15) is 6.61 Å². The summed E-state index contributed by atoms with van der Waals surface area (Å²) in [6.45, 7) is 2.55. The molecule has 0 saturated heterocycles. The van der Waals surface area contributed by atoms with Crippen molar-refractivity contribution in [2.24, 2.45) is 0 Å². The summed E-state index contributed by atoms with van der Waals surface area (Å²) in [6.07, 6.45) is 24.9. The first-order valence-corrected chi connectivity index (χ1v) is 9.02. The van der Waals surface area contributed by atoms with Gasteiger partial charge < -0.3 is 9.84 Å². The predicted molar refractivity (Wildman–Crippen MR) is 97.7 cm³/mol. The van der Waals surface area contributed by atoms with Gasteiger partial charge in [-0.2, -0.15) is 0 Å². The highest BCUT2D eigenvalue weighted by Crippen LogP contribution is 2.08. The Hall–Kier alpha value is -1.35. The van der Waals surface area contributed by atoms with E-state index in [0.717, 1.165) is 32.1 Å². The number of hydrogen-bond donors (Lipinski definition) is 1. The number of ether oxygens (including phenoxy) is 1. The number of hydrogen-bond acceptors (Lipinski definition) is 2. The summed E-state index contributed by atoms with van der Waals surface area (Å²) in [5.74, 6) is -0.887. The number of aliphatic carboxylic acids is 1. The van der Waals surface area contributed by atoms with Crippen LogP contribution in [0.5, 0.6) is 0 Å². The van der Waals surface area contributed by atoms with Crippen LogP contribution in [0.25, 0.3) is 0 Å². The molecule has 0 aromatic heterocycles. The minimum Gasteiger partial charge on any atom is -0.480 e. The Labute approximate surface area is 142 Å². The Bertz CT molecular complexity index is 343. The molecular weight excluding hydrogens is 288 g/mol. The van der Waals surface area contributed by atoms with Gasteiger partial charge in [0.2, 0.25) is 0 Å². The molecule has 0 radical (unpaired) electrons. The van der Waals surface area contributed by atoms with E-state index in [1.165, 1.54) is 32.1 Å². The van der Waals surface area contributed by atoms with Crippen molar-refractivity contribution >= 4 is 5.97 Å². The van der Waals surface area contributed by atoms with Gasteiger partial charge in [0.25, 0.3) is 0 Å². The molecule has 0 heterocycles. The van der Waals surface area contributed by atoms with Gasteiger partial charge in [-0.05, 0) is 38.5 Å². The number of carboxylic acid groups (broad SMARTS) is 1. The fraction of sp³-hybridized carbons (Fsp3) is 0.650. The van der Waals surface area contributed by atoms with Crippen molar-refractivity contribution < 1.29 is 14.6 Å². The van der Waals surface area contributed by atoms with Crippen LogP contribution in [0.15, 0.2) is 36.5 Å². The first kappa shape index (κ1) is 21.6. The molecule has 0 aliphatic carbocycles. The Kier molecular flexibility index (Phi) is 17.6. The van der Waals surface area contributed by atoms with Crippen LogP contribution in [0, 0.1) is 0 Å². The van der Waals surface area contributed by atoms with Gasteiger partial charge in [0.05, 0.1) is 0 Å². The van der Waals surface area contributed by atoms with E-state index in [4.69, 9.17) is 9.84 Å². The highest BCUT2D eigenvalue weighted by molar-refractivity contribution is 5.67. The molecule has 1 N–H and O–H groups in total. The van der Waals surface area contributed by atoms with Gasteiger partial charge in [0.15, 0.2) is 0 Å². The van der Waals surface area contributed by atoms with Crippen molar-refractivity contribution in [3.63, 3.8) is 0 Å². The lowest BCUT2D eigenvalue weighted by Crippen LogP contribution is -2.07. The maximum Gasteiger partial charge on any atom is 0.329 e. The third-order valence-electron chi connectivity index (χ3n) is 3.42. The van der Waals surface area contributed by atoms with Crippen LogP contribution in [0.4, 0.5) is 0 Å². The number of rotatable bonds is 16. The number of carboxylic acids is 1. The van der Waals surface area contributed by atoms with Crippen molar-refractivity contribution in [3.8, 4) is 0 Å². The monoisotopic (exact) mass is 322 g/mol. The minimum atomic E-state index is -0.887. The fourth-order valence-electron chi connectivity index (χ4n) is 2.16. The van der Waals surface area contributed by atoms with Gasteiger partial charge in [-0.25, -0.2) is 4.79 Å². The van der Waals surface area contributed by atoms with E-state index in [2.05, 4.69) is 43.4 Å². The molecule has 23 heavy (non-hydrogen) atoms. The lowest BCUT2D eigenvalue weighted by Gasteiger charge is -2.01. The lowest BCUT2D eigenvalue weighted by atomic mass is 10.1. The van der Waals surface area contributed by atoms with E-state index >= 15 is 0 Å². The SMILES string of the molecule is CCC=CCC=CCC=CCCCCCCCCOCC(=O)O. The summed E-state index contributed by atoms with van der Waals surface area (Å²) in [5, 5.41) is 8.41. The van der Waals surface area contributed by atoms with E-state index in [0.29, 0.717) is 6.61 Å². The maximum absolute atomic E-state index is 10.2. The molecule has 0 spiro atoms. The van der Waals surface area contributed by atoms with Crippen LogP contribution in [-0.4, -0.2) is 24.3 Å². The largest absolute Gasteiger partial charge is 0.480 e. The summed E-state index contributed by atoms with van der Waals surface area (Å²) in [6, 6.07) is 0. The number of unbranched alkanes of at least 4 members (excludes halogenated alkanes) is 6. The van der Waals surface area contributed by atoms with Crippen LogP contribution >= 0.6 is 0 Å². The fourth-order valence-corrected chi connectivity index (χ4v) is 2.16. The molecule has 0 aliphatic heterocycles. The normalized spacial score (nSPS) is 12.0. The maximum atomic E-state index is 10.2. The molecule has 0 unspecified atom stereocenters. The summed E-state index contributed by atoms with van der Waals surface area (Å²) in [7, 11) is 0. The Morgan fingerprint density at radius 1 is 0.826 bits per heavy atom. The first-order chi connectivity index (χ1) is 11.3. The molecule has 0 aromatic carbocycles. The molecule has 0 rings (SSSR count). The van der Waals surface area contributed by atoms with Crippen molar-refractivity contribution in [1.82, 2.24) is 0 Å². The molecule has 0 bridgehead atoms. The van der Waals surface area contributed by atoms with Crippen LogP contribution in [0.3, 0.4) is 0 Å². The van der Waals surface area contributed by atoms with E-state index in [9.17, 15) is 4.79 Å². The second kappa shape index (κ2) is 18.7. The second-order valence-electron chi connectivity index (χ2n) is 5.65. The molecular formula is C20H34O3. The van der Waals surface area contributed by atoms with Crippen molar-refractivity contribution in [2.45, 2.75) is 71.1 Å². The van der Waals surface area contributed by atoms with Crippen molar-refractivity contribution in [3.05, 3.63) is 36.5 Å². The quantitative estimate of drug-likeness (QED) is 0.294. The summed E-state index contributed by atoms with van der Waals surface area (Å²) in [4.78, 5) is 10.2. The summed E-state index contributed by atoms with van der Waals surface area (Å²) in [5.41, 5.74) is 0. The van der Waals surface area contributed by atoms with E-state index in [-0.39, 0.29) is 6.61 Å². The molecule has 0 amide bonds. The molecule has 0 saturated carbocycles. The predicted octanol–water partition coefficient (Wildman–Crippen LogP) is 5.68. The molecule has 0 fully saturated rings. The third kappa shape index (κ3) is 20.6. The number of carbonyl (C=O) groups is 1. The van der Waals surface area contributed by atoms with E-state index < -0.39 is 5.97 Å². The molecule has 132 valence electrons. The van der Waals surface area contributed by atoms with E-state index in [1.54, 1.807) is 0 Å². The summed E-state index contributed by atoms with van der Waals surface area (Å²) >= 11 is 0. The highest BCUT2D eigenvalue weighted by Gasteiger charge is 1.95. The second-order valence-corrected chi connectivity index (χ2v) is 5.65. The van der Waals surface area contributed by atoms with Crippen LogP contribution in [-0.2, 0) is 9.53 Å². The van der Waals surface area contributed by atoms with Gasteiger partial charge in [0, 0.05) is 6.61 Å². The Balaban J connectivity index is 3.19. The zero-order valence-corrected chi connectivity index (χ0v) is 14.7. The zero-order chi connectivity index (χ0) is 17.0. The van der Waals surface area contributed by atoms with Crippen LogP contribution in [0.2, 0.25) is 0 Å². The molecule has 0 atom stereocenters. The van der Waals surface area contributed by atoms with Crippen LogP contribution in [0.1, 0.15) is 71.1 Å². The van der Waals surface area contributed by atoms with Gasteiger partial charge in [-0.15, -0.1) is 0 Å². The standard InChI is InChI=1S/C20H34O3/c1-2-3-4-5-6-7-8-9-10-11-12-13-14-15-16-17-18-23-19-20(21)22/h3-4,6-7,9-10H,2,5,8,11-19H2,1H3,(H,21,22). The molecule has 0 aromatic rings. The topological polar surface area (TPSA) is 46.5 Å². The smallest absolute Gasteiger partial charge is 0.329 e. The Morgan fingerprint density at radius 3 is 2.04 bits per heavy atom. The minimum absolute atomic E-state index is 0.170. The first-order valence-electron chi connectivity index (χ1n) is 9.02. The van der Waals surface area contributed by atoms with Gasteiger partial charge in [-0.3, -0.25) is 0 Å². The van der Waals surface area contributed by atoms with Gasteiger partial charge >= 0.3 is 5.97 Å². The molecule has 3 nitrogen and oxygen atoms in total. The highest BCUT2D eigenvalue weighted by atomic mass is 16.5. The lowest BCUT2D eigenvalue weighted by molar-refractivity contribution is -0.142. The third-order valence-corrected chi connectivity index (χ3v) is 3.42. The number of allylic oxidation sites excluding steroid dienone is 6. The van der Waals surface area contributed by atoms with E-state index in [1.807, 2.05) is 0 Å². The average Bonchev–Trinajstić information content (AvgIpc) is 2.53.